The second-order valence-corrected chi connectivity index (χ2v) is 10.3. The molecule has 0 bridgehead atoms. The molecule has 12 nitrogen and oxygen atoms in total. The topological polar surface area (TPSA) is 195 Å². The number of amides is 4. The van der Waals surface area contributed by atoms with Crippen LogP contribution < -0.4 is 27.8 Å². The Balaban J connectivity index is 1.91. The third-order valence-corrected chi connectivity index (χ3v) is 6.89. The fourth-order valence-electron chi connectivity index (χ4n) is 4.77. The summed E-state index contributed by atoms with van der Waals surface area (Å²) in [6.07, 6.45) is 0.611. The Morgan fingerprint density at radius 1 is 0.844 bits per heavy atom. The van der Waals surface area contributed by atoms with E-state index in [2.05, 4.69) is 15.6 Å². The van der Waals surface area contributed by atoms with Gasteiger partial charge in [-0.05, 0) is 42.0 Å². The molecule has 12 heteroatoms. The number of benzene rings is 3. The van der Waals surface area contributed by atoms with Gasteiger partial charge in [0.25, 0.3) is 0 Å². The Morgan fingerprint density at radius 2 is 1.42 bits per heavy atom. The number of hydrogen-bond donors (Lipinski definition) is 5. The molecule has 0 unspecified atom stereocenters. The van der Waals surface area contributed by atoms with Gasteiger partial charge in [0, 0.05) is 19.6 Å². The van der Waals surface area contributed by atoms with Crippen molar-refractivity contribution in [1.82, 2.24) is 15.5 Å². The number of urea groups is 1. The number of guanidine groups is 1. The molecule has 3 rings (SSSR count). The van der Waals surface area contributed by atoms with Crippen molar-refractivity contribution >= 4 is 29.8 Å². The molecule has 0 fully saturated rings. The molecule has 0 aromatic heterocycles. The van der Waals surface area contributed by atoms with Crippen LogP contribution in [0.3, 0.4) is 0 Å². The zero-order chi connectivity index (χ0) is 32.6. The van der Waals surface area contributed by atoms with Crippen LogP contribution in [0.2, 0.25) is 0 Å². The number of aliphatic imine (C=N–C) groups is 1. The van der Waals surface area contributed by atoms with Gasteiger partial charge in [-0.3, -0.25) is 19.4 Å². The monoisotopic (exact) mass is 615 g/mol. The van der Waals surface area contributed by atoms with Crippen LogP contribution >= 0.6 is 0 Å². The number of esters is 1. The van der Waals surface area contributed by atoms with Crippen molar-refractivity contribution in [1.29, 1.82) is 0 Å². The molecule has 0 aliphatic rings. The zero-order valence-corrected chi connectivity index (χ0v) is 25.4. The van der Waals surface area contributed by atoms with E-state index >= 15 is 0 Å². The van der Waals surface area contributed by atoms with Crippen LogP contribution in [0.5, 0.6) is 0 Å². The second-order valence-electron chi connectivity index (χ2n) is 10.3. The minimum Gasteiger partial charge on any atom is -0.465 e. The predicted octanol–water partition coefficient (Wildman–Crippen LogP) is 2.12. The third kappa shape index (κ3) is 11.3. The Hall–Kier alpha value is -5.39. The van der Waals surface area contributed by atoms with E-state index in [4.69, 9.17) is 21.9 Å². The predicted molar refractivity (Wildman–Crippen MR) is 171 cm³/mol. The average Bonchev–Trinajstić information content (AvgIpc) is 3.02. The van der Waals surface area contributed by atoms with Crippen LogP contribution in [-0.2, 0) is 32.2 Å². The number of ether oxygens (including phenoxy) is 1. The molecule has 1 atom stereocenters. The van der Waals surface area contributed by atoms with Crippen LogP contribution in [0, 0.1) is 0 Å². The quantitative estimate of drug-likeness (QED) is 0.0704. The third-order valence-electron chi connectivity index (χ3n) is 6.89. The van der Waals surface area contributed by atoms with E-state index in [0.717, 1.165) is 22.3 Å². The Morgan fingerprint density at radius 3 is 1.96 bits per heavy atom. The summed E-state index contributed by atoms with van der Waals surface area (Å²) in [7, 11) is 0. The molecule has 45 heavy (non-hydrogen) atoms. The first-order chi connectivity index (χ1) is 21.7. The van der Waals surface area contributed by atoms with Crippen molar-refractivity contribution in [3.63, 3.8) is 0 Å². The first-order valence-electron chi connectivity index (χ1n) is 14.7. The molecule has 0 aliphatic heterocycles. The maximum Gasteiger partial charge on any atom is 0.325 e. The fraction of sp³-hybridized carbons (Fsp3) is 0.303. The van der Waals surface area contributed by atoms with Gasteiger partial charge < -0.3 is 37.5 Å². The van der Waals surface area contributed by atoms with Crippen molar-refractivity contribution < 1.29 is 23.9 Å². The summed E-state index contributed by atoms with van der Waals surface area (Å²) in [5, 5.41) is 5.49. The first kappa shape index (κ1) is 34.1. The Bertz CT molecular complexity index is 1390. The highest BCUT2D eigenvalue weighted by atomic mass is 16.5. The van der Waals surface area contributed by atoms with Crippen molar-refractivity contribution in [3.05, 3.63) is 107 Å². The van der Waals surface area contributed by atoms with E-state index in [1.165, 1.54) is 4.90 Å². The van der Waals surface area contributed by atoms with Gasteiger partial charge >= 0.3 is 12.0 Å². The van der Waals surface area contributed by atoms with Gasteiger partial charge in [0.1, 0.15) is 12.6 Å². The van der Waals surface area contributed by atoms with Crippen LogP contribution in [-0.4, -0.2) is 60.4 Å². The highest BCUT2D eigenvalue weighted by Crippen LogP contribution is 2.25. The summed E-state index contributed by atoms with van der Waals surface area (Å²) < 4.78 is 5.16. The van der Waals surface area contributed by atoms with Crippen LogP contribution in [0.4, 0.5) is 4.79 Å². The van der Waals surface area contributed by atoms with Crippen molar-refractivity contribution in [2.75, 3.05) is 19.7 Å². The number of carbonyl (C=O) groups is 4. The second kappa shape index (κ2) is 17.7. The average molecular weight is 616 g/mol. The summed E-state index contributed by atoms with van der Waals surface area (Å²) in [5.74, 6) is -2.16. The molecule has 0 aliphatic carbocycles. The normalized spacial score (nSPS) is 11.2. The molecule has 238 valence electrons. The number of nitrogens with one attached hydrogen (secondary N) is 2. The first-order valence-corrected chi connectivity index (χ1v) is 14.7. The molecule has 0 spiro atoms. The van der Waals surface area contributed by atoms with E-state index in [9.17, 15) is 19.2 Å². The lowest BCUT2D eigenvalue weighted by Gasteiger charge is -2.29. The van der Waals surface area contributed by atoms with Gasteiger partial charge in [0.15, 0.2) is 5.96 Å². The van der Waals surface area contributed by atoms with E-state index in [1.807, 2.05) is 60.7 Å². The fourth-order valence-corrected chi connectivity index (χ4v) is 4.77. The van der Waals surface area contributed by atoms with Gasteiger partial charge in [-0.15, -0.1) is 0 Å². The molecule has 3 aromatic rings. The SMILES string of the molecule is CCOC(=O)CN(Cc1ccc(CNC(N)=O)cc1)C(=O)[C@@H](CCCN=C(N)N)NC(=O)C(c1ccccc1)c1ccccc1. The number of rotatable bonds is 16. The van der Waals surface area contributed by atoms with Crippen LogP contribution in [0.15, 0.2) is 89.9 Å². The minimum absolute atomic E-state index is 0.0717. The number of nitrogens with zero attached hydrogens (tertiary/aromatic N) is 2. The summed E-state index contributed by atoms with van der Waals surface area (Å²) in [5.41, 5.74) is 19.2. The summed E-state index contributed by atoms with van der Waals surface area (Å²) in [6.45, 7) is 2.08. The van der Waals surface area contributed by atoms with Crippen molar-refractivity contribution in [2.45, 2.75) is 44.8 Å². The lowest BCUT2D eigenvalue weighted by Crippen LogP contribution is -2.51. The summed E-state index contributed by atoms with van der Waals surface area (Å²) >= 11 is 0. The van der Waals surface area contributed by atoms with Crippen LogP contribution in [0.1, 0.15) is 47.9 Å². The number of carbonyl (C=O) groups excluding carboxylic acids is 4. The van der Waals surface area contributed by atoms with Gasteiger partial charge in [-0.2, -0.15) is 0 Å². The van der Waals surface area contributed by atoms with Gasteiger partial charge in [0.2, 0.25) is 11.8 Å². The van der Waals surface area contributed by atoms with E-state index in [-0.39, 0.29) is 51.1 Å². The Kier molecular flexibility index (Phi) is 13.4. The maximum atomic E-state index is 14.1. The summed E-state index contributed by atoms with van der Waals surface area (Å²) in [4.78, 5) is 57.2. The molecule has 8 N–H and O–H groups in total. The zero-order valence-electron chi connectivity index (χ0n) is 25.4. The summed E-state index contributed by atoms with van der Waals surface area (Å²) in [6, 6.07) is 24.1. The molecular weight excluding hydrogens is 574 g/mol. The molecule has 3 aromatic carbocycles. The smallest absolute Gasteiger partial charge is 0.325 e. The molecule has 0 radical (unpaired) electrons. The number of nitrogens with two attached hydrogens (primary N) is 3. The Labute approximate surface area is 263 Å². The molecule has 0 saturated carbocycles. The van der Waals surface area contributed by atoms with Gasteiger partial charge in [-0.1, -0.05) is 84.9 Å². The highest BCUT2D eigenvalue weighted by molar-refractivity contribution is 5.93. The number of hydrogen-bond acceptors (Lipinski definition) is 6. The molecule has 0 saturated heterocycles. The highest BCUT2D eigenvalue weighted by Gasteiger charge is 2.31. The lowest BCUT2D eigenvalue weighted by molar-refractivity contribution is -0.150. The molecule has 4 amide bonds. The minimum atomic E-state index is -0.991. The standard InChI is InChI=1S/C33H41N7O5/c1-2-45-28(41)22-40(21-24-17-15-23(16-18-24)20-38-33(36)44)31(43)27(14-9-19-37-32(34)35)39-30(42)29(25-10-5-3-6-11-25)26-12-7-4-8-13-26/h3-8,10-13,15-18,27,29H,2,9,14,19-22H2,1H3,(H,39,42)(H4,34,35,37)(H3,36,38,44)/t27-/m1/s1. The van der Waals surface area contributed by atoms with Gasteiger partial charge in [0.05, 0.1) is 12.5 Å². The maximum absolute atomic E-state index is 14.1. The van der Waals surface area contributed by atoms with Crippen molar-refractivity contribution in [3.8, 4) is 0 Å². The van der Waals surface area contributed by atoms with E-state index in [1.54, 1.807) is 31.2 Å². The largest absolute Gasteiger partial charge is 0.465 e. The van der Waals surface area contributed by atoms with Gasteiger partial charge in [-0.25, -0.2) is 4.79 Å². The molecular formula is C33H41N7O5. The number of primary amides is 1. The van der Waals surface area contributed by atoms with Crippen molar-refractivity contribution in [2.24, 2.45) is 22.2 Å². The lowest BCUT2D eigenvalue weighted by atomic mass is 9.90. The van der Waals surface area contributed by atoms with E-state index in [0.29, 0.717) is 6.42 Å². The van der Waals surface area contributed by atoms with E-state index < -0.39 is 29.9 Å². The molecule has 0 heterocycles. The van der Waals surface area contributed by atoms with Crippen LogP contribution in [0.25, 0.3) is 0 Å².